The van der Waals surface area contributed by atoms with E-state index >= 15 is 0 Å². The van der Waals surface area contributed by atoms with Gasteiger partial charge in [0.2, 0.25) is 5.95 Å². The summed E-state index contributed by atoms with van der Waals surface area (Å²) in [5, 5.41) is 0. The van der Waals surface area contributed by atoms with Crippen LogP contribution in [0.1, 0.15) is 18.4 Å². The van der Waals surface area contributed by atoms with Gasteiger partial charge in [-0.05, 0) is 43.1 Å². The molecule has 2 fully saturated rings. The topological polar surface area (TPSA) is 41.5 Å². The van der Waals surface area contributed by atoms with Crippen LogP contribution in [0.5, 0.6) is 0 Å². The number of nitrogens with zero attached hydrogens (tertiary/aromatic N) is 4. The van der Waals surface area contributed by atoms with E-state index in [1.807, 2.05) is 18.2 Å². The summed E-state index contributed by atoms with van der Waals surface area (Å²) in [5.74, 6) is 0.604. The maximum Gasteiger partial charge on any atom is 0.225 e. The number of piperidine rings is 1. The monoisotopic (exact) mass is 356 g/mol. The van der Waals surface area contributed by atoms with Gasteiger partial charge in [0.05, 0.1) is 13.2 Å². The van der Waals surface area contributed by atoms with Crippen molar-refractivity contribution < 1.29 is 9.13 Å². The first-order valence-corrected chi connectivity index (χ1v) is 9.29. The summed E-state index contributed by atoms with van der Waals surface area (Å²) in [6, 6.07) is 8.68. The number of hydrogen-bond donors (Lipinski definition) is 0. The molecule has 2 saturated heterocycles. The fourth-order valence-electron chi connectivity index (χ4n) is 4.16. The molecule has 1 atom stereocenters. The van der Waals surface area contributed by atoms with Crippen molar-refractivity contribution in [3.8, 4) is 0 Å². The van der Waals surface area contributed by atoms with Crippen LogP contribution in [-0.4, -0.2) is 54.3 Å². The molecule has 0 aliphatic carbocycles. The van der Waals surface area contributed by atoms with Crippen molar-refractivity contribution in [3.05, 3.63) is 54.1 Å². The standard InChI is InChI=1S/C20H25FN4O/c21-18-5-3-17(4-6-18)13-24-10-1-7-20(14-24)15-25(11-12-26-16-20)19-22-8-2-9-23-19/h2-6,8-9H,1,7,10-16H2/t20-/m0/s1. The Labute approximate surface area is 153 Å². The fraction of sp³-hybridized carbons (Fsp3) is 0.500. The van der Waals surface area contributed by atoms with Crippen molar-refractivity contribution in [3.63, 3.8) is 0 Å². The van der Waals surface area contributed by atoms with Gasteiger partial charge in [-0.25, -0.2) is 14.4 Å². The Kier molecular flexibility index (Phi) is 5.13. The molecule has 2 aromatic rings. The highest BCUT2D eigenvalue weighted by Gasteiger charge is 2.39. The van der Waals surface area contributed by atoms with E-state index < -0.39 is 0 Å². The molecule has 3 heterocycles. The minimum atomic E-state index is -0.181. The minimum Gasteiger partial charge on any atom is -0.379 e. The second kappa shape index (κ2) is 7.68. The Balaban J connectivity index is 1.48. The van der Waals surface area contributed by atoms with Crippen molar-refractivity contribution in [2.24, 2.45) is 5.41 Å². The number of halogens is 1. The van der Waals surface area contributed by atoms with Gasteiger partial charge in [0.15, 0.2) is 0 Å². The van der Waals surface area contributed by atoms with Crippen molar-refractivity contribution in [2.75, 3.05) is 44.3 Å². The zero-order valence-electron chi connectivity index (χ0n) is 15.0. The molecule has 4 rings (SSSR count). The molecular weight excluding hydrogens is 331 g/mol. The lowest BCUT2D eigenvalue weighted by molar-refractivity contribution is 0.0106. The molecule has 0 radical (unpaired) electrons. The molecule has 0 N–H and O–H groups in total. The zero-order chi connectivity index (χ0) is 17.8. The van der Waals surface area contributed by atoms with E-state index in [1.54, 1.807) is 12.4 Å². The van der Waals surface area contributed by atoms with Crippen LogP contribution in [0, 0.1) is 11.2 Å². The van der Waals surface area contributed by atoms with Crippen molar-refractivity contribution in [1.29, 1.82) is 0 Å². The van der Waals surface area contributed by atoms with Crippen LogP contribution in [0.2, 0.25) is 0 Å². The summed E-state index contributed by atoms with van der Waals surface area (Å²) in [7, 11) is 0. The van der Waals surface area contributed by atoms with Gasteiger partial charge in [0, 0.05) is 44.0 Å². The zero-order valence-corrected chi connectivity index (χ0v) is 15.0. The van der Waals surface area contributed by atoms with Crippen LogP contribution in [0.4, 0.5) is 10.3 Å². The summed E-state index contributed by atoms with van der Waals surface area (Å²) in [6.07, 6.45) is 5.88. The number of hydrogen-bond acceptors (Lipinski definition) is 5. The first kappa shape index (κ1) is 17.4. The van der Waals surface area contributed by atoms with Crippen LogP contribution < -0.4 is 4.90 Å². The molecule has 1 spiro atoms. The molecule has 0 bridgehead atoms. The molecule has 1 aromatic carbocycles. The van der Waals surface area contributed by atoms with E-state index in [4.69, 9.17) is 4.74 Å². The number of anilines is 1. The smallest absolute Gasteiger partial charge is 0.225 e. The number of rotatable bonds is 3. The third kappa shape index (κ3) is 4.02. The van der Waals surface area contributed by atoms with E-state index in [-0.39, 0.29) is 11.2 Å². The lowest BCUT2D eigenvalue weighted by Gasteiger charge is -2.43. The number of likely N-dealkylation sites (tertiary alicyclic amines) is 1. The second-order valence-electron chi connectivity index (χ2n) is 7.46. The second-order valence-corrected chi connectivity index (χ2v) is 7.46. The predicted octanol–water partition coefficient (Wildman–Crippen LogP) is 2.73. The maximum absolute atomic E-state index is 13.2. The van der Waals surface area contributed by atoms with Crippen molar-refractivity contribution in [1.82, 2.24) is 14.9 Å². The Morgan fingerprint density at radius 1 is 1.08 bits per heavy atom. The van der Waals surface area contributed by atoms with Crippen LogP contribution in [0.25, 0.3) is 0 Å². The van der Waals surface area contributed by atoms with Crippen LogP contribution in [0.3, 0.4) is 0 Å². The Hall–Kier alpha value is -2.05. The van der Waals surface area contributed by atoms with Gasteiger partial charge in [0.25, 0.3) is 0 Å². The average Bonchev–Trinajstić information content (AvgIpc) is 2.87. The Morgan fingerprint density at radius 3 is 2.69 bits per heavy atom. The first-order valence-electron chi connectivity index (χ1n) is 9.29. The summed E-state index contributed by atoms with van der Waals surface area (Å²) in [6.45, 7) is 6.12. The molecule has 5 nitrogen and oxygen atoms in total. The van der Waals surface area contributed by atoms with Gasteiger partial charge in [-0.2, -0.15) is 0 Å². The van der Waals surface area contributed by atoms with Gasteiger partial charge in [-0.15, -0.1) is 0 Å². The molecule has 0 amide bonds. The quantitative estimate of drug-likeness (QED) is 0.846. The van der Waals surface area contributed by atoms with E-state index in [9.17, 15) is 4.39 Å². The van der Waals surface area contributed by atoms with E-state index in [2.05, 4.69) is 19.8 Å². The van der Waals surface area contributed by atoms with E-state index in [1.165, 1.54) is 12.1 Å². The average molecular weight is 356 g/mol. The van der Waals surface area contributed by atoms with Crippen molar-refractivity contribution >= 4 is 5.95 Å². The van der Waals surface area contributed by atoms with Gasteiger partial charge >= 0.3 is 0 Å². The minimum absolute atomic E-state index is 0.0913. The molecule has 1 aromatic heterocycles. The molecule has 138 valence electrons. The number of benzene rings is 1. The summed E-state index contributed by atoms with van der Waals surface area (Å²) < 4.78 is 19.1. The van der Waals surface area contributed by atoms with E-state index in [0.717, 1.165) is 63.7 Å². The molecular formula is C20H25FN4O. The molecule has 2 aliphatic rings. The largest absolute Gasteiger partial charge is 0.379 e. The summed E-state index contributed by atoms with van der Waals surface area (Å²) in [5.41, 5.74) is 1.25. The molecule has 0 unspecified atom stereocenters. The molecule has 0 saturated carbocycles. The summed E-state index contributed by atoms with van der Waals surface area (Å²) >= 11 is 0. The number of aromatic nitrogens is 2. The first-order chi connectivity index (χ1) is 12.7. The van der Waals surface area contributed by atoms with Gasteiger partial charge < -0.3 is 9.64 Å². The van der Waals surface area contributed by atoms with Gasteiger partial charge in [-0.3, -0.25) is 4.90 Å². The molecule has 6 heteroatoms. The van der Waals surface area contributed by atoms with Crippen molar-refractivity contribution in [2.45, 2.75) is 19.4 Å². The highest BCUT2D eigenvalue weighted by Crippen LogP contribution is 2.34. The summed E-state index contributed by atoms with van der Waals surface area (Å²) in [4.78, 5) is 13.6. The maximum atomic E-state index is 13.2. The normalized spacial score (nSPS) is 24.6. The molecule has 26 heavy (non-hydrogen) atoms. The molecule has 2 aliphatic heterocycles. The lowest BCUT2D eigenvalue weighted by Crippen LogP contribution is -2.50. The van der Waals surface area contributed by atoms with E-state index in [0.29, 0.717) is 6.61 Å². The Bertz CT molecular complexity index is 712. The lowest BCUT2D eigenvalue weighted by atomic mass is 9.80. The van der Waals surface area contributed by atoms with Crippen LogP contribution >= 0.6 is 0 Å². The predicted molar refractivity (Wildman–Crippen MR) is 98.4 cm³/mol. The van der Waals surface area contributed by atoms with Crippen LogP contribution in [0.15, 0.2) is 42.7 Å². The van der Waals surface area contributed by atoms with Gasteiger partial charge in [-0.1, -0.05) is 12.1 Å². The highest BCUT2D eigenvalue weighted by atomic mass is 19.1. The van der Waals surface area contributed by atoms with Crippen LogP contribution in [-0.2, 0) is 11.3 Å². The fourth-order valence-corrected chi connectivity index (χ4v) is 4.16. The third-order valence-corrected chi connectivity index (χ3v) is 5.33. The number of ether oxygens (including phenoxy) is 1. The SMILES string of the molecule is Fc1ccc(CN2CCC[C@]3(COCCN(c4ncccn4)C3)C2)cc1. The Morgan fingerprint density at radius 2 is 1.88 bits per heavy atom. The highest BCUT2D eigenvalue weighted by molar-refractivity contribution is 5.29. The van der Waals surface area contributed by atoms with Gasteiger partial charge in [0.1, 0.15) is 5.82 Å². The third-order valence-electron chi connectivity index (χ3n) is 5.33.